The van der Waals surface area contributed by atoms with Crippen LogP contribution in [0, 0.1) is 5.82 Å². The summed E-state index contributed by atoms with van der Waals surface area (Å²) in [5.41, 5.74) is 1.38. The number of aromatic amines is 2. The highest BCUT2D eigenvalue weighted by atomic mass is 19.1. The first-order valence-electron chi connectivity index (χ1n) is 7.98. The minimum absolute atomic E-state index is 0.189. The van der Waals surface area contributed by atoms with Gasteiger partial charge in [-0.05, 0) is 30.3 Å². The maximum absolute atomic E-state index is 14.6. The predicted octanol–water partition coefficient (Wildman–Crippen LogP) is 2.61. The summed E-state index contributed by atoms with van der Waals surface area (Å²) < 4.78 is 19.5. The van der Waals surface area contributed by atoms with Crippen LogP contribution in [0.5, 0.6) is 0 Å². The van der Waals surface area contributed by atoms with Crippen LogP contribution in [0.2, 0.25) is 0 Å². The second kappa shape index (κ2) is 6.52. The molecule has 0 spiro atoms. The molecule has 3 aromatic rings. The number of amides is 1. The molecule has 1 aliphatic rings. The first kappa shape index (κ1) is 16.2. The number of nitrogens with one attached hydrogen (secondary N) is 3. The zero-order valence-corrected chi connectivity index (χ0v) is 13.6. The fourth-order valence-corrected chi connectivity index (χ4v) is 2.71. The van der Waals surface area contributed by atoms with Crippen LogP contribution in [0.3, 0.4) is 0 Å². The lowest BCUT2D eigenvalue weighted by Gasteiger charge is -2.14. The van der Waals surface area contributed by atoms with Gasteiger partial charge in [-0.1, -0.05) is 0 Å². The molecule has 8 nitrogen and oxygen atoms in total. The lowest BCUT2D eigenvalue weighted by molar-refractivity contribution is 0.0963. The molecule has 0 aliphatic carbocycles. The van der Waals surface area contributed by atoms with Crippen LogP contribution in [0.15, 0.2) is 42.7 Å². The molecule has 134 valence electrons. The summed E-state index contributed by atoms with van der Waals surface area (Å²) in [6.07, 6.45) is 2.13. The molecule has 3 heterocycles. The minimum Gasteiger partial charge on any atom is -0.441 e. The Labute approximate surface area is 147 Å². The van der Waals surface area contributed by atoms with Crippen molar-refractivity contribution >= 4 is 23.4 Å². The second-order valence-electron chi connectivity index (χ2n) is 5.85. The number of carbonyl (C=O) groups is 1. The van der Waals surface area contributed by atoms with Crippen molar-refractivity contribution in [1.82, 2.24) is 15.2 Å². The van der Waals surface area contributed by atoms with E-state index in [1.54, 1.807) is 36.7 Å². The van der Waals surface area contributed by atoms with Gasteiger partial charge in [0.2, 0.25) is 0 Å². The first-order valence-corrected chi connectivity index (χ1v) is 7.98. The monoisotopic (exact) mass is 357 g/mol. The van der Waals surface area contributed by atoms with Crippen LogP contribution in [0.4, 0.5) is 26.5 Å². The predicted molar refractivity (Wildman–Crippen MR) is 92.8 cm³/mol. The molecule has 1 fully saturated rings. The molecule has 0 saturated carbocycles. The van der Waals surface area contributed by atoms with Crippen molar-refractivity contribution in [2.45, 2.75) is 6.10 Å². The van der Waals surface area contributed by atoms with Crippen molar-refractivity contribution in [2.75, 3.05) is 23.4 Å². The number of cyclic esters (lactones) is 1. The Morgan fingerprint density at radius 3 is 2.81 bits per heavy atom. The van der Waals surface area contributed by atoms with Gasteiger partial charge in [-0.15, -0.1) is 0 Å². The van der Waals surface area contributed by atoms with Gasteiger partial charge in [-0.2, -0.15) is 0 Å². The molecule has 1 aliphatic heterocycles. The SMILES string of the molecule is O=C1OC(CO)CN1c1ccc(-c2ccc(Nc3c[nH][nH]3)nc2)c(F)c1. The number of aliphatic hydroxyl groups excluding tert-OH is 1. The lowest BCUT2D eigenvalue weighted by Crippen LogP contribution is -2.25. The molecule has 1 amide bonds. The number of hydrogen-bond acceptors (Lipinski definition) is 5. The summed E-state index contributed by atoms with van der Waals surface area (Å²) in [4.78, 5) is 17.4. The summed E-state index contributed by atoms with van der Waals surface area (Å²) in [5.74, 6) is 0.943. The number of nitrogens with zero attached hydrogens (tertiary/aromatic N) is 2. The summed E-state index contributed by atoms with van der Waals surface area (Å²) in [7, 11) is 0. The standard InChI is InChI=1S/C17H16FN5O3/c18-14-5-11(23-8-12(9-24)26-17(23)25)2-3-13(14)10-1-4-15(19-6-10)21-16-7-20-22-16/h1-7,12,20,22,24H,8-9H2,(H,19,21). The van der Waals surface area contributed by atoms with Gasteiger partial charge >= 0.3 is 6.09 Å². The van der Waals surface area contributed by atoms with Gasteiger partial charge in [0.1, 0.15) is 23.6 Å². The topological polar surface area (TPSA) is 106 Å². The average molecular weight is 357 g/mol. The number of rotatable bonds is 5. The van der Waals surface area contributed by atoms with Gasteiger partial charge in [-0.3, -0.25) is 10.00 Å². The third kappa shape index (κ3) is 3.00. The largest absolute Gasteiger partial charge is 0.441 e. The van der Waals surface area contributed by atoms with Crippen molar-refractivity contribution in [3.63, 3.8) is 0 Å². The van der Waals surface area contributed by atoms with Crippen LogP contribution in [-0.4, -0.2) is 45.6 Å². The van der Waals surface area contributed by atoms with Crippen LogP contribution >= 0.6 is 0 Å². The molecule has 26 heavy (non-hydrogen) atoms. The number of carbonyl (C=O) groups excluding carboxylic acids is 1. The Kier molecular flexibility index (Phi) is 4.05. The van der Waals surface area contributed by atoms with Crippen LogP contribution < -0.4 is 10.2 Å². The average Bonchev–Trinajstić information content (AvgIpc) is 3.00. The number of hydrogen-bond donors (Lipinski definition) is 4. The van der Waals surface area contributed by atoms with E-state index in [0.29, 0.717) is 22.6 Å². The zero-order valence-electron chi connectivity index (χ0n) is 13.6. The Morgan fingerprint density at radius 2 is 2.23 bits per heavy atom. The van der Waals surface area contributed by atoms with Gasteiger partial charge < -0.3 is 20.3 Å². The molecule has 4 rings (SSSR count). The zero-order chi connectivity index (χ0) is 18.1. The molecule has 1 aromatic carbocycles. The molecule has 4 N–H and O–H groups in total. The van der Waals surface area contributed by atoms with Crippen molar-refractivity contribution in [2.24, 2.45) is 0 Å². The van der Waals surface area contributed by atoms with E-state index in [4.69, 9.17) is 9.84 Å². The van der Waals surface area contributed by atoms with Gasteiger partial charge in [0.25, 0.3) is 0 Å². The Bertz CT molecular complexity index is 912. The van der Waals surface area contributed by atoms with Crippen LogP contribution in [0.25, 0.3) is 11.1 Å². The molecule has 9 heteroatoms. The number of aliphatic hydroxyl groups is 1. The molecule has 0 bridgehead atoms. The minimum atomic E-state index is -0.596. The Hall–Kier alpha value is -3.33. The van der Waals surface area contributed by atoms with Gasteiger partial charge in [0.05, 0.1) is 25.0 Å². The number of aromatic nitrogens is 3. The van der Waals surface area contributed by atoms with Crippen LogP contribution in [0.1, 0.15) is 0 Å². The van der Waals surface area contributed by atoms with E-state index in [1.165, 1.54) is 11.0 Å². The van der Waals surface area contributed by atoms with E-state index in [9.17, 15) is 9.18 Å². The Morgan fingerprint density at radius 1 is 1.38 bits per heavy atom. The van der Waals surface area contributed by atoms with E-state index in [2.05, 4.69) is 20.5 Å². The summed E-state index contributed by atoms with van der Waals surface area (Å²) in [6.45, 7) is -0.0773. The van der Waals surface area contributed by atoms with E-state index in [0.717, 1.165) is 5.82 Å². The molecule has 1 saturated heterocycles. The first-order chi connectivity index (χ1) is 12.6. The van der Waals surface area contributed by atoms with Gasteiger partial charge in [0, 0.05) is 17.3 Å². The van der Waals surface area contributed by atoms with Crippen LogP contribution in [-0.2, 0) is 4.74 Å². The molecule has 1 atom stereocenters. The summed E-state index contributed by atoms with van der Waals surface area (Å²) in [6, 6.07) is 8.01. The Balaban J connectivity index is 1.54. The molecular weight excluding hydrogens is 341 g/mol. The lowest BCUT2D eigenvalue weighted by atomic mass is 10.1. The molecular formula is C17H16FN5O3. The van der Waals surface area contributed by atoms with E-state index >= 15 is 0 Å². The van der Waals surface area contributed by atoms with Gasteiger partial charge in [0.15, 0.2) is 0 Å². The van der Waals surface area contributed by atoms with E-state index in [-0.39, 0.29) is 13.2 Å². The normalized spacial score (nSPS) is 16.8. The van der Waals surface area contributed by atoms with E-state index < -0.39 is 18.0 Å². The van der Waals surface area contributed by atoms with Gasteiger partial charge in [-0.25, -0.2) is 14.2 Å². The summed E-state index contributed by atoms with van der Waals surface area (Å²) >= 11 is 0. The fraction of sp³-hybridized carbons (Fsp3) is 0.176. The van der Waals surface area contributed by atoms with Crippen molar-refractivity contribution in [1.29, 1.82) is 0 Å². The van der Waals surface area contributed by atoms with Crippen molar-refractivity contribution in [3.8, 4) is 11.1 Å². The quantitative estimate of drug-likeness (QED) is 0.562. The highest BCUT2D eigenvalue weighted by Crippen LogP contribution is 2.29. The molecule has 0 radical (unpaired) electrons. The number of benzene rings is 1. The number of halogens is 1. The second-order valence-corrected chi connectivity index (χ2v) is 5.85. The highest BCUT2D eigenvalue weighted by Gasteiger charge is 2.32. The van der Waals surface area contributed by atoms with E-state index in [1.807, 2.05) is 0 Å². The maximum Gasteiger partial charge on any atom is 0.414 e. The smallest absolute Gasteiger partial charge is 0.414 e. The molecule has 1 unspecified atom stereocenters. The third-order valence-electron chi connectivity index (χ3n) is 4.10. The number of H-pyrrole nitrogens is 2. The maximum atomic E-state index is 14.6. The fourth-order valence-electron chi connectivity index (χ4n) is 2.71. The van der Waals surface area contributed by atoms with Crippen molar-refractivity contribution in [3.05, 3.63) is 48.5 Å². The number of anilines is 3. The number of ether oxygens (including phenoxy) is 1. The van der Waals surface area contributed by atoms with Crippen molar-refractivity contribution < 1.29 is 19.0 Å². The highest BCUT2D eigenvalue weighted by molar-refractivity contribution is 5.90. The number of pyridine rings is 1. The third-order valence-corrected chi connectivity index (χ3v) is 4.10. The molecule has 2 aromatic heterocycles. The summed E-state index contributed by atoms with van der Waals surface area (Å²) in [5, 5.41) is 17.7.